The second-order valence-electron chi connectivity index (χ2n) is 7.65. The van der Waals surface area contributed by atoms with Gasteiger partial charge in [0, 0.05) is 36.3 Å². The van der Waals surface area contributed by atoms with Gasteiger partial charge < -0.3 is 16.2 Å². The van der Waals surface area contributed by atoms with Gasteiger partial charge in [-0.15, -0.1) is 0 Å². The molecule has 1 saturated heterocycles. The summed E-state index contributed by atoms with van der Waals surface area (Å²) in [5, 5.41) is 13.1. The summed E-state index contributed by atoms with van der Waals surface area (Å²) in [6.45, 7) is 0.529. The molecule has 1 aromatic carbocycles. The van der Waals surface area contributed by atoms with E-state index < -0.39 is 15.9 Å². The van der Waals surface area contributed by atoms with Gasteiger partial charge in [0.1, 0.15) is 0 Å². The normalized spacial score (nSPS) is 26.8. The van der Waals surface area contributed by atoms with Crippen molar-refractivity contribution in [2.75, 3.05) is 13.1 Å². The van der Waals surface area contributed by atoms with Gasteiger partial charge in [-0.3, -0.25) is 4.79 Å². The lowest BCUT2D eigenvalue weighted by molar-refractivity contribution is -0.127. The number of halogens is 1. The molecule has 3 rings (SSSR count). The standard InChI is InChI=1S/C19H28ClN3O4S/c20-17-7-2-8-18(16(17)11-21)28(26,27)23-9-3-4-13(12-23)19(25)22-14-5-1-6-15(24)10-14/h2,7-8,13-15,24H,1,3-6,9-12,21H2,(H,22,25). The lowest BCUT2D eigenvalue weighted by Gasteiger charge is -2.33. The van der Waals surface area contributed by atoms with E-state index in [0.29, 0.717) is 36.4 Å². The van der Waals surface area contributed by atoms with Crippen molar-refractivity contribution in [1.29, 1.82) is 0 Å². The van der Waals surface area contributed by atoms with E-state index >= 15 is 0 Å². The van der Waals surface area contributed by atoms with E-state index in [1.165, 1.54) is 10.4 Å². The highest BCUT2D eigenvalue weighted by Crippen LogP contribution is 2.29. The summed E-state index contributed by atoms with van der Waals surface area (Å²) in [6, 6.07) is 4.68. The van der Waals surface area contributed by atoms with E-state index in [4.69, 9.17) is 17.3 Å². The fourth-order valence-electron chi connectivity index (χ4n) is 4.11. The number of hydrogen-bond donors (Lipinski definition) is 3. The number of carbonyl (C=O) groups is 1. The molecule has 7 nitrogen and oxygen atoms in total. The summed E-state index contributed by atoms with van der Waals surface area (Å²) in [7, 11) is -3.79. The zero-order valence-electron chi connectivity index (χ0n) is 15.8. The molecule has 0 spiro atoms. The smallest absolute Gasteiger partial charge is 0.243 e. The van der Waals surface area contributed by atoms with Crippen molar-refractivity contribution in [2.45, 2.75) is 62.1 Å². The third-order valence-corrected chi connectivity index (χ3v) is 7.95. The molecule has 1 aliphatic carbocycles. The van der Waals surface area contributed by atoms with Crippen LogP contribution < -0.4 is 11.1 Å². The third kappa shape index (κ3) is 4.68. The molecule has 0 bridgehead atoms. The van der Waals surface area contributed by atoms with Crippen molar-refractivity contribution in [3.8, 4) is 0 Å². The van der Waals surface area contributed by atoms with Gasteiger partial charge in [-0.25, -0.2) is 8.42 Å². The van der Waals surface area contributed by atoms with Crippen molar-refractivity contribution in [3.63, 3.8) is 0 Å². The molecular formula is C19H28ClN3O4S. The monoisotopic (exact) mass is 429 g/mol. The highest BCUT2D eigenvalue weighted by Gasteiger charge is 2.35. The predicted octanol–water partition coefficient (Wildman–Crippen LogP) is 1.62. The molecule has 156 valence electrons. The van der Waals surface area contributed by atoms with Crippen molar-refractivity contribution < 1.29 is 18.3 Å². The van der Waals surface area contributed by atoms with Gasteiger partial charge in [0.25, 0.3) is 0 Å². The third-order valence-electron chi connectivity index (χ3n) is 5.65. The minimum atomic E-state index is -3.79. The molecule has 1 heterocycles. The average Bonchev–Trinajstić information content (AvgIpc) is 2.68. The average molecular weight is 430 g/mol. The quantitative estimate of drug-likeness (QED) is 0.658. The number of aliphatic hydroxyl groups excluding tert-OH is 1. The largest absolute Gasteiger partial charge is 0.393 e. The molecule has 9 heteroatoms. The Morgan fingerprint density at radius 1 is 1.29 bits per heavy atom. The van der Waals surface area contributed by atoms with E-state index in [9.17, 15) is 18.3 Å². The first-order chi connectivity index (χ1) is 13.3. The first-order valence-electron chi connectivity index (χ1n) is 9.79. The summed E-state index contributed by atoms with van der Waals surface area (Å²) in [4.78, 5) is 12.8. The lowest BCUT2D eigenvalue weighted by Crippen LogP contribution is -2.48. The summed E-state index contributed by atoms with van der Waals surface area (Å²) in [6.07, 6.45) is 3.94. The minimum absolute atomic E-state index is 0.0238. The van der Waals surface area contributed by atoms with E-state index in [1.807, 2.05) is 0 Å². The predicted molar refractivity (Wildman–Crippen MR) is 107 cm³/mol. The molecule has 1 amide bonds. The number of rotatable bonds is 5. The second-order valence-corrected chi connectivity index (χ2v) is 9.96. The maximum absolute atomic E-state index is 13.2. The van der Waals surface area contributed by atoms with Gasteiger partial charge in [0.2, 0.25) is 15.9 Å². The molecule has 0 radical (unpaired) electrons. The van der Waals surface area contributed by atoms with Gasteiger partial charge >= 0.3 is 0 Å². The van der Waals surface area contributed by atoms with E-state index in [1.54, 1.807) is 12.1 Å². The number of carbonyl (C=O) groups excluding carboxylic acids is 1. The van der Waals surface area contributed by atoms with Crippen molar-refractivity contribution in [1.82, 2.24) is 9.62 Å². The van der Waals surface area contributed by atoms with E-state index in [0.717, 1.165) is 19.3 Å². The zero-order chi connectivity index (χ0) is 20.3. The summed E-state index contributed by atoms with van der Waals surface area (Å²) >= 11 is 6.13. The maximum atomic E-state index is 13.2. The SMILES string of the molecule is NCc1c(Cl)cccc1S(=O)(=O)N1CCCC(C(=O)NC2CCCC(O)C2)C1. The maximum Gasteiger partial charge on any atom is 0.243 e. The van der Waals surface area contributed by atoms with Crippen LogP contribution in [0.4, 0.5) is 0 Å². The fourth-order valence-corrected chi connectivity index (χ4v) is 6.19. The van der Waals surface area contributed by atoms with Crippen molar-refractivity contribution in [3.05, 3.63) is 28.8 Å². The number of aliphatic hydroxyl groups is 1. The van der Waals surface area contributed by atoms with Crippen molar-refractivity contribution >= 4 is 27.5 Å². The number of benzene rings is 1. The number of nitrogens with one attached hydrogen (secondary N) is 1. The van der Waals surface area contributed by atoms with Gasteiger partial charge in [-0.05, 0) is 50.7 Å². The number of hydrogen-bond acceptors (Lipinski definition) is 5. The van der Waals surface area contributed by atoms with Gasteiger partial charge in [-0.1, -0.05) is 17.7 Å². The number of amides is 1. The topological polar surface area (TPSA) is 113 Å². The van der Waals surface area contributed by atoms with Crippen LogP contribution in [0.5, 0.6) is 0 Å². The molecule has 1 aromatic rings. The summed E-state index contributed by atoms with van der Waals surface area (Å²) in [5.41, 5.74) is 6.11. The Morgan fingerprint density at radius 2 is 2.07 bits per heavy atom. The Kier molecular flexibility index (Phi) is 6.98. The fraction of sp³-hybridized carbons (Fsp3) is 0.632. The lowest BCUT2D eigenvalue weighted by atomic mass is 9.91. The van der Waals surface area contributed by atoms with Gasteiger partial charge in [-0.2, -0.15) is 4.31 Å². The Labute approximate surface area is 171 Å². The van der Waals surface area contributed by atoms with Gasteiger partial charge in [0.15, 0.2) is 0 Å². The molecule has 0 aromatic heterocycles. The summed E-state index contributed by atoms with van der Waals surface area (Å²) in [5.74, 6) is -0.535. The molecule has 1 saturated carbocycles. The molecule has 3 atom stereocenters. The number of nitrogens with zero attached hydrogens (tertiary/aromatic N) is 1. The van der Waals surface area contributed by atoms with Crippen molar-refractivity contribution in [2.24, 2.45) is 11.7 Å². The molecular weight excluding hydrogens is 402 g/mol. The first-order valence-corrected chi connectivity index (χ1v) is 11.6. The Hall–Kier alpha value is -1.19. The van der Waals surface area contributed by atoms with Crippen LogP contribution in [-0.2, 0) is 21.4 Å². The summed E-state index contributed by atoms with van der Waals surface area (Å²) < 4.78 is 27.7. The van der Waals surface area contributed by atoms with Crippen LogP contribution in [0.1, 0.15) is 44.1 Å². The van der Waals surface area contributed by atoms with Crippen LogP contribution in [0.15, 0.2) is 23.1 Å². The molecule has 3 unspecified atom stereocenters. The number of nitrogens with two attached hydrogens (primary N) is 1. The van der Waals surface area contributed by atoms with Gasteiger partial charge in [0.05, 0.1) is 16.9 Å². The van der Waals surface area contributed by atoms with Crippen LogP contribution in [0.25, 0.3) is 0 Å². The minimum Gasteiger partial charge on any atom is -0.393 e. The molecule has 4 N–H and O–H groups in total. The van der Waals surface area contributed by atoms with Crippen LogP contribution in [-0.4, -0.2) is 49.0 Å². The highest BCUT2D eigenvalue weighted by molar-refractivity contribution is 7.89. The van der Waals surface area contributed by atoms with Crippen LogP contribution in [0, 0.1) is 5.92 Å². The Balaban J connectivity index is 1.72. The van der Waals surface area contributed by atoms with Crippen LogP contribution in [0.3, 0.4) is 0 Å². The number of piperidine rings is 1. The molecule has 1 aliphatic heterocycles. The molecule has 2 aliphatic rings. The van der Waals surface area contributed by atoms with E-state index in [2.05, 4.69) is 5.32 Å². The Bertz CT molecular complexity index is 817. The second kappa shape index (κ2) is 9.09. The zero-order valence-corrected chi connectivity index (χ0v) is 17.4. The van der Waals surface area contributed by atoms with Crippen LogP contribution >= 0.6 is 11.6 Å². The number of sulfonamides is 1. The first kappa shape index (κ1) is 21.5. The molecule has 2 fully saturated rings. The van der Waals surface area contributed by atoms with E-state index in [-0.39, 0.29) is 36.0 Å². The Morgan fingerprint density at radius 3 is 2.79 bits per heavy atom. The molecule has 28 heavy (non-hydrogen) atoms. The van der Waals surface area contributed by atoms with Crippen LogP contribution in [0.2, 0.25) is 5.02 Å². The highest BCUT2D eigenvalue weighted by atomic mass is 35.5.